The predicted octanol–water partition coefficient (Wildman–Crippen LogP) is 5.51. The molecule has 0 atom stereocenters. The van der Waals surface area contributed by atoms with Crippen LogP contribution in [-0.4, -0.2) is 30.9 Å². The molecule has 4 rings (SSSR count). The van der Waals surface area contributed by atoms with E-state index in [1.807, 2.05) is 91.2 Å². The normalized spacial score (nSPS) is 10.9. The fraction of sp³-hybridized carbons (Fsp3) is 0.160. The molecule has 2 heterocycles. The minimum Gasteiger partial charge on any atom is -0.345 e. The van der Waals surface area contributed by atoms with Gasteiger partial charge in [0.2, 0.25) is 0 Å². The number of benzene rings is 2. The van der Waals surface area contributed by atoms with Gasteiger partial charge in [-0.15, -0.1) is 16.8 Å². The van der Waals surface area contributed by atoms with E-state index >= 15 is 0 Å². The third-order valence-corrected chi connectivity index (χ3v) is 6.13. The molecule has 0 fully saturated rings. The third kappa shape index (κ3) is 4.25. The van der Waals surface area contributed by atoms with Crippen molar-refractivity contribution >= 4 is 17.5 Å². The molecule has 156 valence electrons. The smallest absolute Gasteiger partial charge is 0.196 e. The highest BCUT2D eigenvalue weighted by atomic mass is 32.2. The number of Topliss-reactive ketones (excluding diaryl/α,β-unsaturated/α-hetero) is 1. The first-order chi connectivity index (χ1) is 15.1. The molecule has 31 heavy (non-hydrogen) atoms. The van der Waals surface area contributed by atoms with Crippen LogP contribution >= 0.6 is 11.8 Å². The van der Waals surface area contributed by atoms with E-state index in [2.05, 4.69) is 21.3 Å². The number of nitrogens with zero attached hydrogens (tertiary/aromatic N) is 4. The molecule has 0 bridgehead atoms. The molecule has 0 unspecified atom stereocenters. The van der Waals surface area contributed by atoms with Crippen LogP contribution in [0.2, 0.25) is 0 Å². The van der Waals surface area contributed by atoms with Crippen LogP contribution in [0.3, 0.4) is 0 Å². The molecule has 0 saturated heterocycles. The van der Waals surface area contributed by atoms with E-state index < -0.39 is 0 Å². The van der Waals surface area contributed by atoms with Gasteiger partial charge in [-0.1, -0.05) is 66.4 Å². The van der Waals surface area contributed by atoms with Crippen molar-refractivity contribution in [1.82, 2.24) is 19.3 Å². The van der Waals surface area contributed by atoms with Crippen molar-refractivity contribution in [2.45, 2.75) is 25.5 Å². The Hall–Kier alpha value is -3.38. The van der Waals surface area contributed by atoms with Gasteiger partial charge in [-0.25, -0.2) is 0 Å². The summed E-state index contributed by atoms with van der Waals surface area (Å²) >= 11 is 1.41. The molecule has 4 aromatic rings. The highest BCUT2D eigenvalue weighted by Crippen LogP contribution is 2.28. The van der Waals surface area contributed by atoms with Crippen LogP contribution in [0.25, 0.3) is 17.1 Å². The molecule has 0 spiro atoms. The molecule has 0 aliphatic carbocycles. The Balaban J connectivity index is 1.64. The Bertz CT molecular complexity index is 1210. The van der Waals surface area contributed by atoms with Gasteiger partial charge in [0.05, 0.1) is 5.75 Å². The van der Waals surface area contributed by atoms with Crippen molar-refractivity contribution in [1.29, 1.82) is 0 Å². The second kappa shape index (κ2) is 9.18. The summed E-state index contributed by atoms with van der Waals surface area (Å²) in [6.07, 6.45) is 1.84. The lowest BCUT2D eigenvalue weighted by Crippen LogP contribution is -2.07. The first kappa shape index (κ1) is 20.9. The Morgan fingerprint density at radius 1 is 1.03 bits per heavy atom. The minimum absolute atomic E-state index is 0.0808. The SMILES string of the molecule is C=CCn1c(C)cc(C(=O)CSc2nnc(-c3ccccc3)n2-c2ccccc2)c1C. The molecule has 0 aliphatic rings. The van der Waals surface area contributed by atoms with Crippen molar-refractivity contribution in [3.63, 3.8) is 0 Å². The number of carbonyl (C=O) groups excluding carboxylic acids is 1. The molecular weight excluding hydrogens is 404 g/mol. The van der Waals surface area contributed by atoms with Crippen LogP contribution in [0.15, 0.2) is 84.5 Å². The van der Waals surface area contributed by atoms with E-state index in [0.717, 1.165) is 34.0 Å². The van der Waals surface area contributed by atoms with Crippen LogP contribution in [0.1, 0.15) is 21.7 Å². The number of ketones is 1. The standard InChI is InChI=1S/C25H24N4OS/c1-4-15-28-18(2)16-22(19(28)3)23(30)17-31-25-27-26-24(20-11-7-5-8-12-20)29(25)21-13-9-6-10-14-21/h4-14,16H,1,15,17H2,2-3H3. The van der Waals surface area contributed by atoms with Gasteiger partial charge in [-0.05, 0) is 32.0 Å². The molecular formula is C25H24N4OS. The highest BCUT2D eigenvalue weighted by molar-refractivity contribution is 7.99. The van der Waals surface area contributed by atoms with Crippen LogP contribution in [0, 0.1) is 13.8 Å². The minimum atomic E-state index is 0.0808. The summed E-state index contributed by atoms with van der Waals surface area (Å²) in [7, 11) is 0. The van der Waals surface area contributed by atoms with Gasteiger partial charge in [0.1, 0.15) is 0 Å². The second-order valence-corrected chi connectivity index (χ2v) is 8.18. The van der Waals surface area contributed by atoms with Crippen molar-refractivity contribution < 1.29 is 4.79 Å². The van der Waals surface area contributed by atoms with Gasteiger partial charge in [-0.2, -0.15) is 0 Å². The molecule has 0 amide bonds. The van der Waals surface area contributed by atoms with E-state index in [4.69, 9.17) is 0 Å². The third-order valence-electron chi connectivity index (χ3n) is 5.20. The first-order valence-electron chi connectivity index (χ1n) is 10.1. The molecule has 5 nitrogen and oxygen atoms in total. The summed E-state index contributed by atoms with van der Waals surface area (Å²) in [5.41, 5.74) is 4.72. The lowest BCUT2D eigenvalue weighted by Gasteiger charge is -2.10. The van der Waals surface area contributed by atoms with Crippen molar-refractivity contribution in [2.24, 2.45) is 0 Å². The zero-order chi connectivity index (χ0) is 21.8. The summed E-state index contributed by atoms with van der Waals surface area (Å²) < 4.78 is 4.11. The van der Waals surface area contributed by atoms with E-state index in [0.29, 0.717) is 11.7 Å². The Kier molecular flexibility index (Phi) is 6.18. The van der Waals surface area contributed by atoms with Gasteiger partial charge < -0.3 is 4.57 Å². The van der Waals surface area contributed by atoms with Gasteiger partial charge in [0, 0.05) is 34.7 Å². The lowest BCUT2D eigenvalue weighted by molar-refractivity contribution is 0.102. The topological polar surface area (TPSA) is 52.7 Å². The fourth-order valence-electron chi connectivity index (χ4n) is 3.65. The largest absolute Gasteiger partial charge is 0.345 e. The number of carbonyl (C=O) groups is 1. The zero-order valence-electron chi connectivity index (χ0n) is 17.7. The zero-order valence-corrected chi connectivity index (χ0v) is 18.5. The van der Waals surface area contributed by atoms with E-state index in [1.54, 1.807) is 0 Å². The van der Waals surface area contributed by atoms with Crippen LogP contribution in [0.4, 0.5) is 0 Å². The number of aromatic nitrogens is 4. The summed E-state index contributed by atoms with van der Waals surface area (Å²) in [6.45, 7) is 8.49. The van der Waals surface area contributed by atoms with Gasteiger partial charge in [0.25, 0.3) is 0 Å². The summed E-state index contributed by atoms with van der Waals surface area (Å²) in [4.78, 5) is 13.0. The number of rotatable bonds is 8. The number of hydrogen-bond donors (Lipinski definition) is 0. The van der Waals surface area contributed by atoms with E-state index in [1.165, 1.54) is 11.8 Å². The molecule has 0 aliphatic heterocycles. The van der Waals surface area contributed by atoms with E-state index in [9.17, 15) is 4.79 Å². The summed E-state index contributed by atoms with van der Waals surface area (Å²) in [6, 6.07) is 21.9. The van der Waals surface area contributed by atoms with Gasteiger partial charge >= 0.3 is 0 Å². The number of aryl methyl sites for hydroxylation is 1. The Morgan fingerprint density at radius 3 is 2.39 bits per heavy atom. The number of thioether (sulfide) groups is 1. The summed E-state index contributed by atoms with van der Waals surface area (Å²) in [5.74, 6) is 1.13. The number of para-hydroxylation sites is 1. The Morgan fingerprint density at radius 2 is 1.71 bits per heavy atom. The average molecular weight is 429 g/mol. The average Bonchev–Trinajstić information content (AvgIpc) is 3.35. The van der Waals surface area contributed by atoms with Crippen molar-refractivity contribution in [3.05, 3.63) is 96.3 Å². The van der Waals surface area contributed by atoms with Gasteiger partial charge in [-0.3, -0.25) is 9.36 Å². The van der Waals surface area contributed by atoms with Crippen molar-refractivity contribution in [3.8, 4) is 17.1 Å². The maximum absolute atomic E-state index is 13.0. The predicted molar refractivity (Wildman–Crippen MR) is 126 cm³/mol. The monoisotopic (exact) mass is 428 g/mol. The van der Waals surface area contributed by atoms with Crippen LogP contribution in [-0.2, 0) is 6.54 Å². The van der Waals surface area contributed by atoms with Crippen LogP contribution in [0.5, 0.6) is 0 Å². The maximum atomic E-state index is 13.0. The first-order valence-corrected chi connectivity index (χ1v) is 11.1. The van der Waals surface area contributed by atoms with Crippen LogP contribution < -0.4 is 0 Å². The fourth-order valence-corrected chi connectivity index (χ4v) is 4.48. The van der Waals surface area contributed by atoms with Gasteiger partial charge in [0.15, 0.2) is 16.8 Å². The molecule has 0 saturated carbocycles. The second-order valence-electron chi connectivity index (χ2n) is 7.24. The lowest BCUT2D eigenvalue weighted by atomic mass is 10.2. The quantitative estimate of drug-likeness (QED) is 0.211. The number of hydrogen-bond acceptors (Lipinski definition) is 4. The van der Waals surface area contributed by atoms with Crippen molar-refractivity contribution in [2.75, 3.05) is 5.75 Å². The highest BCUT2D eigenvalue weighted by Gasteiger charge is 2.19. The summed E-state index contributed by atoms with van der Waals surface area (Å²) in [5, 5.41) is 9.55. The maximum Gasteiger partial charge on any atom is 0.196 e. The molecule has 2 aromatic carbocycles. The Labute approximate surface area is 186 Å². The molecule has 6 heteroatoms. The molecule has 2 aromatic heterocycles. The number of allylic oxidation sites excluding steroid dienone is 1. The molecule has 0 radical (unpaired) electrons. The van der Waals surface area contributed by atoms with E-state index in [-0.39, 0.29) is 11.5 Å². The molecule has 0 N–H and O–H groups in total.